The molecule has 1 amide bonds. The van der Waals surface area contributed by atoms with Crippen LogP contribution in [0.5, 0.6) is 11.5 Å². The molecule has 1 atom stereocenters. The van der Waals surface area contributed by atoms with Gasteiger partial charge in [-0.1, -0.05) is 18.2 Å². The molecule has 2 aliphatic rings. The molecule has 2 aliphatic heterocycles. The second-order valence-electron chi connectivity index (χ2n) is 8.51. The lowest BCUT2D eigenvalue weighted by Crippen LogP contribution is -2.50. The van der Waals surface area contributed by atoms with Crippen LogP contribution >= 0.6 is 0 Å². The number of fused-ring (bicyclic) bond motifs is 2. The number of rotatable bonds is 6. The summed E-state index contributed by atoms with van der Waals surface area (Å²) in [5.74, 6) is -0.396. The van der Waals surface area contributed by atoms with E-state index in [2.05, 4.69) is 15.0 Å². The number of nitrogens with zero attached hydrogens (tertiary/aromatic N) is 3. The number of nitrogens with one attached hydrogen (secondary N) is 1. The Balaban J connectivity index is 1.53. The number of pyridine rings is 1. The van der Waals surface area contributed by atoms with E-state index in [1.807, 2.05) is 0 Å². The molecule has 0 saturated heterocycles. The average molecular weight is 514 g/mol. The van der Waals surface area contributed by atoms with Gasteiger partial charge in [-0.15, -0.1) is 18.3 Å². The van der Waals surface area contributed by atoms with E-state index >= 15 is 0 Å². The molecule has 0 aliphatic carbocycles. The fourth-order valence-corrected chi connectivity index (χ4v) is 4.63. The van der Waals surface area contributed by atoms with Crippen molar-refractivity contribution in [3.8, 4) is 11.5 Å². The average Bonchev–Trinajstić information content (AvgIpc) is 3.18. The second kappa shape index (κ2) is 9.28. The van der Waals surface area contributed by atoms with Gasteiger partial charge in [0, 0.05) is 31.8 Å². The molecule has 2 aromatic carbocycles. The molecule has 0 spiro atoms. The van der Waals surface area contributed by atoms with Gasteiger partial charge in [0.15, 0.2) is 0 Å². The van der Waals surface area contributed by atoms with Crippen molar-refractivity contribution < 1.29 is 37.1 Å². The zero-order valence-electron chi connectivity index (χ0n) is 19.5. The summed E-state index contributed by atoms with van der Waals surface area (Å²) in [7, 11) is 1.73. The quantitative estimate of drug-likeness (QED) is 0.498. The summed E-state index contributed by atoms with van der Waals surface area (Å²) >= 11 is 0. The number of anilines is 1. The number of hydrogen-bond donors (Lipinski definition) is 1. The van der Waals surface area contributed by atoms with Gasteiger partial charge in [0.1, 0.15) is 22.7 Å². The zero-order chi connectivity index (χ0) is 26.2. The highest BCUT2D eigenvalue weighted by Gasteiger charge is 2.43. The molecule has 3 heterocycles. The number of hydrogen-bond acceptors (Lipinski definition) is 8. The van der Waals surface area contributed by atoms with Crippen LogP contribution in [0.1, 0.15) is 33.6 Å². The first-order chi connectivity index (χ1) is 17.7. The van der Waals surface area contributed by atoms with Crippen molar-refractivity contribution >= 4 is 18.1 Å². The van der Waals surface area contributed by atoms with Crippen LogP contribution < -0.4 is 20.0 Å². The van der Waals surface area contributed by atoms with Crippen molar-refractivity contribution in [2.75, 3.05) is 18.8 Å². The van der Waals surface area contributed by atoms with Crippen LogP contribution in [0.25, 0.3) is 0 Å². The summed E-state index contributed by atoms with van der Waals surface area (Å²) in [5, 5.41) is 6.01. The molecule has 1 unspecified atom stereocenters. The molecule has 1 aromatic heterocycles. The Bertz CT molecular complexity index is 1330. The maximum Gasteiger partial charge on any atom is 0.573 e. The van der Waals surface area contributed by atoms with Gasteiger partial charge in [-0.25, -0.2) is 0 Å². The van der Waals surface area contributed by atoms with Crippen LogP contribution in [0.3, 0.4) is 0 Å². The van der Waals surface area contributed by atoms with Crippen molar-refractivity contribution in [1.29, 1.82) is 0 Å². The fourth-order valence-electron chi connectivity index (χ4n) is 4.63. The zero-order valence-corrected chi connectivity index (χ0v) is 19.5. The summed E-state index contributed by atoms with van der Waals surface area (Å²) in [6.07, 6.45) is -3.00. The number of alkyl halides is 3. The summed E-state index contributed by atoms with van der Waals surface area (Å²) in [5.41, 5.74) is 1.41. The molecule has 5 rings (SSSR count). The number of carbonyl (C=O) groups excluding carboxylic acids is 2. The minimum atomic E-state index is -4.83. The van der Waals surface area contributed by atoms with Crippen molar-refractivity contribution in [2.45, 2.75) is 24.9 Å². The highest BCUT2D eigenvalue weighted by molar-refractivity contribution is 5.96. The molecule has 0 fully saturated rings. The molecular formula is C25H21F3N4O5. The lowest BCUT2D eigenvalue weighted by molar-refractivity contribution is -0.274. The van der Waals surface area contributed by atoms with Crippen LogP contribution in [0, 0.1) is 0 Å². The van der Waals surface area contributed by atoms with E-state index < -0.39 is 17.8 Å². The van der Waals surface area contributed by atoms with E-state index in [9.17, 15) is 22.8 Å². The van der Waals surface area contributed by atoms with Crippen LogP contribution in [0.4, 0.5) is 18.9 Å². The minimum absolute atomic E-state index is 0.232. The number of benzene rings is 2. The van der Waals surface area contributed by atoms with Gasteiger partial charge in [-0.2, -0.15) is 5.01 Å². The predicted molar refractivity (Wildman–Crippen MR) is 123 cm³/mol. The normalized spacial score (nSPS) is 18.9. The Kier molecular flexibility index (Phi) is 6.12. The molecule has 9 nitrogen and oxygen atoms in total. The Hall–Kier alpha value is -4.32. The van der Waals surface area contributed by atoms with Crippen molar-refractivity contribution in [2.24, 2.45) is 0 Å². The fraction of sp³-hybridized carbons (Fsp3) is 0.240. The minimum Gasteiger partial charge on any atom is -0.491 e. The Morgan fingerprint density at radius 3 is 2.70 bits per heavy atom. The van der Waals surface area contributed by atoms with Crippen LogP contribution in [0.15, 0.2) is 60.8 Å². The van der Waals surface area contributed by atoms with Crippen molar-refractivity contribution in [3.05, 3.63) is 83.2 Å². The van der Waals surface area contributed by atoms with E-state index in [1.165, 1.54) is 29.4 Å². The first kappa shape index (κ1) is 24.4. The Labute approximate surface area is 209 Å². The standard InChI is InChI=1S/C25H21F3N4O5/c1-31-14-17-5-4-16(13-20(17)32(31)36-15-33)23(34)30-24(10-12-35-21-3-2-11-29-22(21)24)18-6-8-19(9-7-18)37-25(26,27)28/h2-9,11,13,15H,10,12,14H2,1H3,(H,30,34). The third-order valence-electron chi connectivity index (χ3n) is 6.22. The molecule has 0 bridgehead atoms. The largest absolute Gasteiger partial charge is 0.573 e. The molecule has 192 valence electrons. The van der Waals surface area contributed by atoms with Crippen molar-refractivity contribution in [1.82, 2.24) is 15.3 Å². The first-order valence-corrected chi connectivity index (χ1v) is 11.2. The predicted octanol–water partition coefficient (Wildman–Crippen LogP) is 3.69. The highest BCUT2D eigenvalue weighted by Crippen LogP contribution is 2.41. The van der Waals surface area contributed by atoms with Gasteiger partial charge >= 0.3 is 12.8 Å². The molecule has 0 radical (unpaired) electrons. The first-order valence-electron chi connectivity index (χ1n) is 11.2. The summed E-state index contributed by atoms with van der Waals surface area (Å²) in [6.45, 7) is 1.01. The van der Waals surface area contributed by atoms with Crippen LogP contribution in [-0.2, 0) is 21.7 Å². The van der Waals surface area contributed by atoms with Gasteiger partial charge in [-0.3, -0.25) is 14.6 Å². The molecule has 0 saturated carbocycles. The lowest BCUT2D eigenvalue weighted by Gasteiger charge is -2.39. The van der Waals surface area contributed by atoms with Crippen LogP contribution in [0.2, 0.25) is 0 Å². The number of aromatic nitrogens is 1. The number of halogens is 3. The van der Waals surface area contributed by atoms with Gasteiger partial charge in [0.25, 0.3) is 5.91 Å². The van der Waals surface area contributed by atoms with E-state index in [0.717, 1.165) is 5.56 Å². The van der Waals surface area contributed by atoms with E-state index in [-0.39, 0.29) is 24.3 Å². The van der Waals surface area contributed by atoms with Gasteiger partial charge < -0.3 is 19.6 Å². The topological polar surface area (TPSA) is 93.2 Å². The van der Waals surface area contributed by atoms with Gasteiger partial charge in [0.2, 0.25) is 0 Å². The van der Waals surface area contributed by atoms with E-state index in [4.69, 9.17) is 9.57 Å². The van der Waals surface area contributed by atoms with Crippen molar-refractivity contribution in [3.63, 3.8) is 0 Å². The highest BCUT2D eigenvalue weighted by atomic mass is 19.4. The maximum absolute atomic E-state index is 13.6. The molecule has 37 heavy (non-hydrogen) atoms. The number of ether oxygens (including phenoxy) is 2. The number of carbonyl (C=O) groups is 2. The second-order valence-corrected chi connectivity index (χ2v) is 8.51. The molecular weight excluding hydrogens is 493 g/mol. The summed E-state index contributed by atoms with van der Waals surface area (Å²) in [6, 6.07) is 13.7. The summed E-state index contributed by atoms with van der Waals surface area (Å²) < 4.78 is 47.8. The number of hydrazine groups is 1. The third-order valence-corrected chi connectivity index (χ3v) is 6.22. The summed E-state index contributed by atoms with van der Waals surface area (Å²) in [4.78, 5) is 34.1. The van der Waals surface area contributed by atoms with E-state index in [1.54, 1.807) is 48.6 Å². The van der Waals surface area contributed by atoms with E-state index in [0.29, 0.717) is 35.7 Å². The van der Waals surface area contributed by atoms with Gasteiger partial charge in [-0.05, 0) is 47.5 Å². The molecule has 1 N–H and O–H groups in total. The number of amides is 1. The smallest absolute Gasteiger partial charge is 0.491 e. The Morgan fingerprint density at radius 1 is 1.19 bits per heavy atom. The van der Waals surface area contributed by atoms with Gasteiger partial charge in [0.05, 0.1) is 12.3 Å². The maximum atomic E-state index is 13.6. The lowest BCUT2D eigenvalue weighted by atomic mass is 9.81. The van der Waals surface area contributed by atoms with Crippen LogP contribution in [-0.4, -0.2) is 42.4 Å². The SMILES string of the molecule is CN1Cc2ccc(C(=O)NC3(c4ccc(OC(F)(F)F)cc4)CCOc4cccnc43)cc2N1OC=O. The monoisotopic (exact) mass is 514 g/mol. The Morgan fingerprint density at radius 2 is 1.97 bits per heavy atom. The molecule has 3 aromatic rings. The third kappa shape index (κ3) is 4.62. The molecule has 12 heteroatoms.